The zero-order valence-electron chi connectivity index (χ0n) is 13.3. The molecule has 2 rings (SSSR count). The Hall–Kier alpha value is -1.95. The van der Waals surface area contributed by atoms with Crippen molar-refractivity contribution in [1.29, 1.82) is 0 Å². The van der Waals surface area contributed by atoms with Crippen molar-refractivity contribution in [2.75, 3.05) is 6.54 Å². The molecule has 0 unspecified atom stereocenters. The highest BCUT2D eigenvalue weighted by molar-refractivity contribution is 7.09. The highest BCUT2D eigenvalue weighted by Gasteiger charge is 2.06. The third kappa shape index (κ3) is 5.11. The molecule has 22 heavy (non-hydrogen) atoms. The van der Waals surface area contributed by atoms with Gasteiger partial charge in [-0.1, -0.05) is 19.9 Å². The van der Waals surface area contributed by atoms with Gasteiger partial charge in [0, 0.05) is 18.1 Å². The van der Waals surface area contributed by atoms with Crippen LogP contribution in [0.25, 0.3) is 0 Å². The van der Waals surface area contributed by atoms with Crippen LogP contribution in [0, 0.1) is 0 Å². The van der Waals surface area contributed by atoms with Crippen LogP contribution in [0.15, 0.2) is 34.8 Å². The Morgan fingerprint density at radius 3 is 2.82 bits per heavy atom. The van der Waals surface area contributed by atoms with Gasteiger partial charge in [-0.2, -0.15) is 0 Å². The summed E-state index contributed by atoms with van der Waals surface area (Å²) in [5.74, 6) is 1.26. The van der Waals surface area contributed by atoms with E-state index in [2.05, 4.69) is 51.7 Å². The van der Waals surface area contributed by atoms with E-state index in [1.54, 1.807) is 17.5 Å². The molecule has 2 heterocycles. The Morgan fingerprint density at radius 2 is 2.18 bits per heavy atom. The lowest BCUT2D eigenvalue weighted by Crippen LogP contribution is -2.36. The standard InChI is InChI=1S/C16H23N5S/c1-4-17-16(19-9-13-7-5-6-8-18-13)20-10-15-21-14(11-22-15)12(2)3/h5-8,11-12H,4,9-10H2,1-3H3,(H2,17,19,20). The van der Waals surface area contributed by atoms with Crippen molar-refractivity contribution in [2.45, 2.75) is 39.8 Å². The van der Waals surface area contributed by atoms with E-state index in [1.165, 1.54) is 0 Å². The molecule has 6 heteroatoms. The highest BCUT2D eigenvalue weighted by atomic mass is 32.1. The summed E-state index contributed by atoms with van der Waals surface area (Å²) >= 11 is 1.68. The molecule has 0 aliphatic rings. The first kappa shape index (κ1) is 16.4. The third-order valence-corrected chi connectivity index (χ3v) is 3.90. The van der Waals surface area contributed by atoms with E-state index < -0.39 is 0 Å². The summed E-state index contributed by atoms with van der Waals surface area (Å²) in [5, 5.41) is 9.76. The van der Waals surface area contributed by atoms with Crippen molar-refractivity contribution in [2.24, 2.45) is 4.99 Å². The minimum Gasteiger partial charge on any atom is -0.357 e. The first-order valence-corrected chi connectivity index (χ1v) is 8.43. The first-order valence-electron chi connectivity index (χ1n) is 7.55. The molecule has 2 N–H and O–H groups in total. The molecular weight excluding hydrogens is 294 g/mol. The molecular formula is C16H23N5S. The summed E-state index contributed by atoms with van der Waals surface area (Å²) in [5.41, 5.74) is 2.10. The number of pyridine rings is 1. The molecule has 0 fully saturated rings. The first-order chi connectivity index (χ1) is 10.7. The summed E-state index contributed by atoms with van der Waals surface area (Å²) in [6, 6.07) is 5.86. The van der Waals surface area contributed by atoms with Crippen LogP contribution in [-0.4, -0.2) is 22.5 Å². The van der Waals surface area contributed by atoms with Gasteiger partial charge < -0.3 is 10.6 Å². The minimum atomic E-state index is 0.469. The maximum absolute atomic E-state index is 4.62. The molecule has 0 bridgehead atoms. The van der Waals surface area contributed by atoms with Gasteiger partial charge in [-0.15, -0.1) is 11.3 Å². The lowest BCUT2D eigenvalue weighted by Gasteiger charge is -2.10. The van der Waals surface area contributed by atoms with Crippen LogP contribution in [0.4, 0.5) is 0 Å². The fourth-order valence-corrected chi connectivity index (χ4v) is 2.72. The van der Waals surface area contributed by atoms with E-state index in [0.717, 1.165) is 28.9 Å². The molecule has 0 amide bonds. The lowest BCUT2D eigenvalue weighted by molar-refractivity contribution is 0.786. The van der Waals surface area contributed by atoms with Crippen molar-refractivity contribution in [3.05, 3.63) is 46.2 Å². The molecule has 0 saturated heterocycles. The Bertz CT molecular complexity index is 592. The smallest absolute Gasteiger partial charge is 0.191 e. The molecule has 0 radical (unpaired) electrons. The maximum atomic E-state index is 4.62. The summed E-state index contributed by atoms with van der Waals surface area (Å²) in [6.45, 7) is 8.44. The molecule has 118 valence electrons. The highest BCUT2D eigenvalue weighted by Crippen LogP contribution is 2.17. The van der Waals surface area contributed by atoms with Gasteiger partial charge in [0.2, 0.25) is 0 Å². The predicted molar refractivity (Wildman–Crippen MR) is 92.1 cm³/mol. The summed E-state index contributed by atoms with van der Waals surface area (Å²) in [4.78, 5) is 13.4. The number of rotatable bonds is 6. The molecule has 2 aromatic rings. The Labute approximate surface area is 135 Å². The molecule has 0 aliphatic carbocycles. The summed E-state index contributed by atoms with van der Waals surface area (Å²) in [7, 11) is 0. The van der Waals surface area contributed by atoms with Crippen LogP contribution in [0.5, 0.6) is 0 Å². The van der Waals surface area contributed by atoms with E-state index in [9.17, 15) is 0 Å². The number of nitrogens with zero attached hydrogens (tertiary/aromatic N) is 3. The van der Waals surface area contributed by atoms with Crippen LogP contribution in [-0.2, 0) is 13.1 Å². The zero-order chi connectivity index (χ0) is 15.8. The molecule has 2 aromatic heterocycles. The van der Waals surface area contributed by atoms with Crippen LogP contribution >= 0.6 is 11.3 Å². The number of guanidine groups is 1. The summed E-state index contributed by atoms with van der Waals surface area (Å²) < 4.78 is 0. The number of aliphatic imine (C=N–C) groups is 1. The number of hydrogen-bond donors (Lipinski definition) is 2. The van der Waals surface area contributed by atoms with Crippen molar-refractivity contribution in [3.63, 3.8) is 0 Å². The van der Waals surface area contributed by atoms with Gasteiger partial charge >= 0.3 is 0 Å². The number of hydrogen-bond acceptors (Lipinski definition) is 4. The predicted octanol–water partition coefficient (Wildman–Crippen LogP) is 2.92. The van der Waals surface area contributed by atoms with E-state index >= 15 is 0 Å². The van der Waals surface area contributed by atoms with E-state index in [0.29, 0.717) is 19.0 Å². The fraction of sp³-hybridized carbons (Fsp3) is 0.438. The van der Waals surface area contributed by atoms with Gasteiger partial charge in [-0.05, 0) is 25.0 Å². The largest absolute Gasteiger partial charge is 0.357 e. The van der Waals surface area contributed by atoms with Crippen molar-refractivity contribution in [1.82, 2.24) is 20.6 Å². The van der Waals surface area contributed by atoms with Crippen LogP contribution < -0.4 is 10.6 Å². The number of aromatic nitrogens is 2. The Morgan fingerprint density at radius 1 is 1.32 bits per heavy atom. The van der Waals surface area contributed by atoms with Gasteiger partial charge in [-0.25, -0.2) is 9.98 Å². The van der Waals surface area contributed by atoms with Crippen LogP contribution in [0.2, 0.25) is 0 Å². The van der Waals surface area contributed by atoms with E-state index in [-0.39, 0.29) is 0 Å². The summed E-state index contributed by atoms with van der Waals surface area (Å²) in [6.07, 6.45) is 1.79. The van der Waals surface area contributed by atoms with E-state index in [1.807, 2.05) is 18.2 Å². The molecule has 0 spiro atoms. The van der Waals surface area contributed by atoms with Gasteiger partial charge in [0.25, 0.3) is 0 Å². The van der Waals surface area contributed by atoms with Gasteiger partial charge in [0.05, 0.1) is 24.5 Å². The molecule has 0 aliphatic heterocycles. The van der Waals surface area contributed by atoms with E-state index in [4.69, 9.17) is 0 Å². The third-order valence-electron chi connectivity index (χ3n) is 3.04. The quantitative estimate of drug-likeness (QED) is 0.635. The van der Waals surface area contributed by atoms with Gasteiger partial charge in [0.1, 0.15) is 5.01 Å². The number of nitrogens with one attached hydrogen (secondary N) is 2. The number of thiazole rings is 1. The molecule has 0 saturated carbocycles. The van der Waals surface area contributed by atoms with Gasteiger partial charge in [-0.3, -0.25) is 4.98 Å². The molecule has 0 aromatic carbocycles. The second-order valence-corrected chi connectivity index (χ2v) is 6.13. The minimum absolute atomic E-state index is 0.469. The van der Waals surface area contributed by atoms with Crippen molar-refractivity contribution in [3.8, 4) is 0 Å². The average molecular weight is 317 g/mol. The monoisotopic (exact) mass is 317 g/mol. The second kappa shape index (κ2) is 8.48. The second-order valence-electron chi connectivity index (χ2n) is 5.19. The topological polar surface area (TPSA) is 62.2 Å². The Kier molecular flexibility index (Phi) is 6.33. The Balaban J connectivity index is 1.93. The van der Waals surface area contributed by atoms with Crippen molar-refractivity contribution < 1.29 is 0 Å². The van der Waals surface area contributed by atoms with Crippen LogP contribution in [0.3, 0.4) is 0 Å². The van der Waals surface area contributed by atoms with Crippen molar-refractivity contribution >= 4 is 17.3 Å². The van der Waals surface area contributed by atoms with Crippen LogP contribution in [0.1, 0.15) is 43.1 Å². The normalized spacial score (nSPS) is 11.7. The lowest BCUT2D eigenvalue weighted by atomic mass is 10.2. The average Bonchev–Trinajstić information content (AvgIpc) is 3.00. The van der Waals surface area contributed by atoms with Gasteiger partial charge in [0.15, 0.2) is 5.96 Å². The maximum Gasteiger partial charge on any atom is 0.191 e. The molecule has 0 atom stereocenters. The molecule has 5 nitrogen and oxygen atoms in total. The fourth-order valence-electron chi connectivity index (χ4n) is 1.82. The SMILES string of the molecule is CCNC(=NCc1ccccn1)NCc1nc(C(C)C)cs1. The zero-order valence-corrected chi connectivity index (χ0v) is 14.2.